The number of nitrogen functional groups attached to an aromatic ring is 1. The molecule has 4 N–H and O–H groups in total. The molecule has 0 amide bonds. The summed E-state index contributed by atoms with van der Waals surface area (Å²) in [6, 6.07) is 5.94. The van der Waals surface area contributed by atoms with Crippen molar-refractivity contribution in [2.75, 3.05) is 5.73 Å². The lowest BCUT2D eigenvalue weighted by Crippen LogP contribution is -2.09. The number of phenols is 1. The van der Waals surface area contributed by atoms with E-state index in [1.54, 1.807) is 12.1 Å². The molecule has 0 aliphatic heterocycles. The van der Waals surface area contributed by atoms with Gasteiger partial charge in [-0.25, -0.2) is 9.78 Å². The normalized spacial score (nSPS) is 10.7. The lowest BCUT2D eigenvalue weighted by molar-refractivity contribution is 0.0697. The number of carboxylic acids is 1. The second-order valence-electron chi connectivity index (χ2n) is 5.22. The molecule has 0 aliphatic carbocycles. The molecule has 0 radical (unpaired) electrons. The van der Waals surface area contributed by atoms with Gasteiger partial charge in [-0.3, -0.25) is 4.79 Å². The maximum atomic E-state index is 12.5. The number of nitrogens with two attached hydrogens (primary N) is 1. The standard InChI is InChI=1S/C16H16N2O4/c1-8(2)9-3-4-13(19)11(5-9)14(20)10-6-12(16(21)22)15(17)18-7-10/h3-8,19H,1-2H3,(H2,17,18)(H,21,22). The van der Waals surface area contributed by atoms with Crippen molar-refractivity contribution in [3.05, 3.63) is 52.7 Å². The van der Waals surface area contributed by atoms with Gasteiger partial charge in [0.15, 0.2) is 5.78 Å². The molecule has 0 unspecified atom stereocenters. The Kier molecular flexibility index (Phi) is 4.12. The molecular weight excluding hydrogens is 284 g/mol. The van der Waals surface area contributed by atoms with Gasteiger partial charge in [-0.15, -0.1) is 0 Å². The number of hydrogen-bond acceptors (Lipinski definition) is 5. The highest BCUT2D eigenvalue weighted by atomic mass is 16.4. The number of ketones is 1. The van der Waals surface area contributed by atoms with Crippen molar-refractivity contribution in [3.8, 4) is 5.75 Å². The molecule has 114 valence electrons. The minimum absolute atomic E-state index is 0.0582. The van der Waals surface area contributed by atoms with Crippen LogP contribution in [0.4, 0.5) is 5.82 Å². The number of benzene rings is 1. The minimum atomic E-state index is -1.26. The van der Waals surface area contributed by atoms with Gasteiger partial charge in [-0.1, -0.05) is 19.9 Å². The maximum Gasteiger partial charge on any atom is 0.339 e. The Bertz CT molecular complexity index is 754. The number of rotatable bonds is 4. The van der Waals surface area contributed by atoms with Gasteiger partial charge >= 0.3 is 5.97 Å². The third-order valence-electron chi connectivity index (χ3n) is 3.34. The van der Waals surface area contributed by atoms with Gasteiger partial charge in [0.25, 0.3) is 0 Å². The van der Waals surface area contributed by atoms with Crippen molar-refractivity contribution in [2.24, 2.45) is 0 Å². The molecule has 2 aromatic rings. The number of carboxylic acid groups (broad SMARTS) is 1. The van der Waals surface area contributed by atoms with Crippen LogP contribution in [0.1, 0.15) is 51.6 Å². The average Bonchev–Trinajstić information content (AvgIpc) is 2.47. The summed E-state index contributed by atoms with van der Waals surface area (Å²) in [6.45, 7) is 3.93. The number of aromatic carboxylic acids is 1. The van der Waals surface area contributed by atoms with Gasteiger partial charge in [-0.05, 0) is 29.7 Å². The van der Waals surface area contributed by atoms with E-state index in [4.69, 9.17) is 10.8 Å². The van der Waals surface area contributed by atoms with Crippen molar-refractivity contribution in [2.45, 2.75) is 19.8 Å². The highest BCUT2D eigenvalue weighted by Gasteiger charge is 2.18. The van der Waals surface area contributed by atoms with Crippen LogP contribution in [0.2, 0.25) is 0 Å². The molecular formula is C16H16N2O4. The van der Waals surface area contributed by atoms with Gasteiger partial charge in [0.1, 0.15) is 17.1 Å². The van der Waals surface area contributed by atoms with Crippen LogP contribution in [0, 0.1) is 0 Å². The molecule has 1 heterocycles. The summed E-state index contributed by atoms with van der Waals surface area (Å²) in [5.74, 6) is -1.91. The molecule has 0 atom stereocenters. The third-order valence-corrected chi connectivity index (χ3v) is 3.34. The van der Waals surface area contributed by atoms with Gasteiger partial charge in [0.05, 0.1) is 5.56 Å². The van der Waals surface area contributed by atoms with E-state index in [-0.39, 0.29) is 34.2 Å². The van der Waals surface area contributed by atoms with Crippen molar-refractivity contribution in [1.29, 1.82) is 0 Å². The fourth-order valence-electron chi connectivity index (χ4n) is 2.02. The molecule has 2 rings (SSSR count). The molecule has 0 aliphatic rings. The van der Waals surface area contributed by atoms with Crippen molar-refractivity contribution in [3.63, 3.8) is 0 Å². The average molecular weight is 300 g/mol. The molecule has 0 spiro atoms. The quantitative estimate of drug-likeness (QED) is 0.747. The van der Waals surface area contributed by atoms with Crippen molar-refractivity contribution in [1.82, 2.24) is 4.98 Å². The van der Waals surface area contributed by atoms with E-state index in [1.165, 1.54) is 12.3 Å². The van der Waals surface area contributed by atoms with Gasteiger partial charge in [0, 0.05) is 11.8 Å². The molecule has 22 heavy (non-hydrogen) atoms. The first-order valence-electron chi connectivity index (χ1n) is 6.67. The number of aromatic hydroxyl groups is 1. The summed E-state index contributed by atoms with van der Waals surface area (Å²) < 4.78 is 0. The largest absolute Gasteiger partial charge is 0.507 e. The summed E-state index contributed by atoms with van der Waals surface area (Å²) in [5, 5.41) is 18.9. The number of phenolic OH excluding ortho intramolecular Hbond substituents is 1. The minimum Gasteiger partial charge on any atom is -0.507 e. The van der Waals surface area contributed by atoms with E-state index in [9.17, 15) is 14.7 Å². The summed E-state index contributed by atoms with van der Waals surface area (Å²) in [5.41, 5.74) is 6.28. The Hall–Kier alpha value is -2.89. The lowest BCUT2D eigenvalue weighted by atomic mass is 9.96. The Morgan fingerprint density at radius 2 is 1.86 bits per heavy atom. The first-order valence-corrected chi connectivity index (χ1v) is 6.67. The molecule has 1 aromatic carbocycles. The van der Waals surface area contributed by atoms with Crippen LogP contribution in [0.5, 0.6) is 5.75 Å². The zero-order chi connectivity index (χ0) is 16.4. The second kappa shape index (κ2) is 5.85. The Balaban J connectivity index is 2.51. The highest BCUT2D eigenvalue weighted by Crippen LogP contribution is 2.26. The van der Waals surface area contributed by atoms with Crippen molar-refractivity contribution >= 4 is 17.6 Å². The first-order chi connectivity index (χ1) is 10.3. The van der Waals surface area contributed by atoms with E-state index < -0.39 is 11.8 Å². The van der Waals surface area contributed by atoms with Gasteiger partial charge in [-0.2, -0.15) is 0 Å². The summed E-state index contributed by atoms with van der Waals surface area (Å²) in [4.78, 5) is 27.3. The third kappa shape index (κ3) is 2.90. The molecule has 0 bridgehead atoms. The molecule has 6 heteroatoms. The number of pyridine rings is 1. The van der Waals surface area contributed by atoms with Crippen LogP contribution < -0.4 is 5.73 Å². The van der Waals surface area contributed by atoms with Crippen molar-refractivity contribution < 1.29 is 19.8 Å². The SMILES string of the molecule is CC(C)c1ccc(O)c(C(=O)c2cnc(N)c(C(=O)O)c2)c1. The Morgan fingerprint density at radius 1 is 1.18 bits per heavy atom. The highest BCUT2D eigenvalue weighted by molar-refractivity contribution is 6.11. The smallest absolute Gasteiger partial charge is 0.339 e. The number of carbonyl (C=O) groups excluding carboxylic acids is 1. The van der Waals surface area contributed by atoms with Crippen LogP contribution in [-0.2, 0) is 0 Å². The lowest BCUT2D eigenvalue weighted by Gasteiger charge is -2.10. The van der Waals surface area contributed by atoms with E-state index in [2.05, 4.69) is 4.98 Å². The zero-order valence-corrected chi connectivity index (χ0v) is 12.2. The zero-order valence-electron chi connectivity index (χ0n) is 12.2. The fourth-order valence-corrected chi connectivity index (χ4v) is 2.02. The first kappa shape index (κ1) is 15.5. The van der Waals surface area contributed by atoms with E-state index >= 15 is 0 Å². The number of carbonyl (C=O) groups is 2. The molecule has 0 saturated heterocycles. The predicted molar refractivity (Wildman–Crippen MR) is 81.2 cm³/mol. The Labute approximate surface area is 127 Å². The summed E-state index contributed by atoms with van der Waals surface area (Å²) in [6.07, 6.45) is 1.20. The molecule has 0 fully saturated rings. The number of hydrogen-bond donors (Lipinski definition) is 3. The van der Waals surface area contributed by atoms with Crippen LogP contribution in [-0.4, -0.2) is 26.9 Å². The molecule has 1 aromatic heterocycles. The number of anilines is 1. The van der Waals surface area contributed by atoms with E-state index in [0.29, 0.717) is 0 Å². The molecule has 0 saturated carbocycles. The monoisotopic (exact) mass is 300 g/mol. The van der Waals surface area contributed by atoms with Gasteiger partial charge in [0.2, 0.25) is 0 Å². The summed E-state index contributed by atoms with van der Waals surface area (Å²) in [7, 11) is 0. The second-order valence-corrected chi connectivity index (χ2v) is 5.22. The van der Waals surface area contributed by atoms with E-state index in [0.717, 1.165) is 11.6 Å². The maximum absolute atomic E-state index is 12.5. The summed E-state index contributed by atoms with van der Waals surface area (Å²) >= 11 is 0. The number of nitrogens with zero attached hydrogens (tertiary/aromatic N) is 1. The van der Waals surface area contributed by atoms with Gasteiger partial charge < -0.3 is 15.9 Å². The fraction of sp³-hybridized carbons (Fsp3) is 0.188. The van der Waals surface area contributed by atoms with Crippen LogP contribution in [0.25, 0.3) is 0 Å². The van der Waals surface area contributed by atoms with Crippen LogP contribution in [0.3, 0.4) is 0 Å². The number of aromatic nitrogens is 1. The van der Waals surface area contributed by atoms with Crippen LogP contribution >= 0.6 is 0 Å². The van der Waals surface area contributed by atoms with Crippen LogP contribution in [0.15, 0.2) is 30.5 Å². The molecule has 6 nitrogen and oxygen atoms in total. The topological polar surface area (TPSA) is 114 Å². The Morgan fingerprint density at radius 3 is 2.45 bits per heavy atom. The predicted octanol–water partition coefficient (Wildman–Crippen LogP) is 2.42. The van der Waals surface area contributed by atoms with E-state index in [1.807, 2.05) is 13.8 Å².